The molecule has 38 heavy (non-hydrogen) atoms. The number of carbonyl (C=O) groups is 2. The first-order valence-electron chi connectivity index (χ1n) is 11.4. The lowest BCUT2D eigenvalue weighted by molar-refractivity contribution is 0.0734. The molecule has 0 aliphatic heterocycles. The fourth-order valence-electron chi connectivity index (χ4n) is 3.95. The SMILES string of the molecule is O=C(Oc1ccccc1C=NNC(=O)c1[nH]c2ccc(Cl)cc2c1-c1ccccc1)c1ccc(Cl)cc1Cl. The molecule has 1 aromatic heterocycles. The number of carbonyl (C=O) groups excluding carboxylic acids is 2. The molecule has 0 bridgehead atoms. The molecule has 6 nitrogen and oxygen atoms in total. The zero-order valence-corrected chi connectivity index (χ0v) is 21.8. The Bertz CT molecular complexity index is 1700. The van der Waals surface area contributed by atoms with Crippen molar-refractivity contribution in [3.8, 4) is 16.9 Å². The summed E-state index contributed by atoms with van der Waals surface area (Å²) < 4.78 is 5.53. The second kappa shape index (κ2) is 11.1. The number of fused-ring (bicyclic) bond motifs is 1. The number of nitrogens with zero attached hydrogens (tertiary/aromatic N) is 1. The molecule has 0 aliphatic carbocycles. The maximum absolute atomic E-state index is 13.2. The largest absolute Gasteiger partial charge is 0.422 e. The molecule has 0 radical (unpaired) electrons. The Morgan fingerprint density at radius 3 is 2.34 bits per heavy atom. The number of hydrazone groups is 1. The summed E-state index contributed by atoms with van der Waals surface area (Å²) >= 11 is 18.3. The fraction of sp³-hybridized carbons (Fsp3) is 0. The summed E-state index contributed by atoms with van der Waals surface area (Å²) in [5, 5.41) is 6.06. The summed E-state index contributed by atoms with van der Waals surface area (Å²) in [4.78, 5) is 29.0. The van der Waals surface area contributed by atoms with Crippen LogP contribution in [0.3, 0.4) is 0 Å². The lowest BCUT2D eigenvalue weighted by Gasteiger charge is -2.08. The smallest absolute Gasteiger partial charge is 0.345 e. The van der Waals surface area contributed by atoms with E-state index in [1.165, 1.54) is 18.3 Å². The third kappa shape index (κ3) is 5.43. The molecule has 5 aromatic rings. The van der Waals surface area contributed by atoms with Gasteiger partial charge < -0.3 is 9.72 Å². The predicted molar refractivity (Wildman–Crippen MR) is 152 cm³/mol. The van der Waals surface area contributed by atoms with Gasteiger partial charge in [-0.1, -0.05) is 77.3 Å². The molecule has 0 saturated carbocycles. The molecule has 1 heterocycles. The lowest BCUT2D eigenvalue weighted by Crippen LogP contribution is -2.19. The topological polar surface area (TPSA) is 83.5 Å². The van der Waals surface area contributed by atoms with Gasteiger partial charge in [-0.3, -0.25) is 4.79 Å². The molecule has 2 N–H and O–H groups in total. The van der Waals surface area contributed by atoms with E-state index in [0.29, 0.717) is 26.9 Å². The van der Waals surface area contributed by atoms with Crippen molar-refractivity contribution in [3.05, 3.63) is 123 Å². The summed E-state index contributed by atoms with van der Waals surface area (Å²) in [5.74, 6) is -0.859. The summed E-state index contributed by atoms with van der Waals surface area (Å²) in [7, 11) is 0. The number of esters is 1. The van der Waals surface area contributed by atoms with Crippen LogP contribution in [-0.2, 0) is 0 Å². The molecule has 0 aliphatic rings. The van der Waals surface area contributed by atoms with E-state index in [-0.39, 0.29) is 16.3 Å². The van der Waals surface area contributed by atoms with Crippen LogP contribution in [0.4, 0.5) is 0 Å². The standard InChI is InChI=1S/C29H18Cl3N3O3/c30-19-11-13-24-22(14-19)26(17-6-2-1-3-7-17)27(34-24)28(36)35-33-16-18-8-4-5-9-25(18)38-29(37)21-12-10-20(31)15-23(21)32/h1-16,34H,(H,35,36). The molecule has 5 rings (SSSR count). The van der Waals surface area contributed by atoms with E-state index in [4.69, 9.17) is 39.5 Å². The van der Waals surface area contributed by atoms with Gasteiger partial charge in [0.1, 0.15) is 11.4 Å². The molecule has 4 aromatic carbocycles. The van der Waals surface area contributed by atoms with Gasteiger partial charge in [-0.25, -0.2) is 10.2 Å². The molecule has 1 amide bonds. The number of hydrogen-bond donors (Lipinski definition) is 2. The summed E-state index contributed by atoms with van der Waals surface area (Å²) in [5.41, 5.74) is 5.86. The first-order valence-corrected chi connectivity index (χ1v) is 12.5. The van der Waals surface area contributed by atoms with E-state index < -0.39 is 11.9 Å². The number of para-hydroxylation sites is 1. The highest BCUT2D eigenvalue weighted by atomic mass is 35.5. The Morgan fingerprint density at radius 1 is 0.842 bits per heavy atom. The van der Waals surface area contributed by atoms with Crippen molar-refractivity contribution in [3.63, 3.8) is 0 Å². The van der Waals surface area contributed by atoms with E-state index in [0.717, 1.165) is 16.5 Å². The van der Waals surface area contributed by atoms with Crippen LogP contribution < -0.4 is 10.2 Å². The number of nitrogens with one attached hydrogen (secondary N) is 2. The quantitative estimate of drug-likeness (QED) is 0.0959. The molecule has 0 fully saturated rings. The van der Waals surface area contributed by atoms with Gasteiger partial charge in [0, 0.05) is 32.1 Å². The first kappa shape index (κ1) is 25.5. The predicted octanol–water partition coefficient (Wildman–Crippen LogP) is 7.78. The highest BCUT2D eigenvalue weighted by Crippen LogP contribution is 2.34. The minimum Gasteiger partial charge on any atom is -0.422 e. The second-order valence-corrected chi connectivity index (χ2v) is 9.46. The molecular formula is C29H18Cl3N3O3. The van der Waals surface area contributed by atoms with Gasteiger partial charge in [0.2, 0.25) is 0 Å². The number of hydrogen-bond acceptors (Lipinski definition) is 4. The van der Waals surface area contributed by atoms with E-state index in [1.54, 1.807) is 36.4 Å². The molecule has 0 spiro atoms. The molecule has 0 atom stereocenters. The van der Waals surface area contributed by atoms with Crippen LogP contribution in [0.2, 0.25) is 15.1 Å². The number of H-pyrrole nitrogens is 1. The highest BCUT2D eigenvalue weighted by molar-refractivity contribution is 6.36. The number of amides is 1. The second-order valence-electron chi connectivity index (χ2n) is 8.18. The molecule has 0 unspecified atom stereocenters. The monoisotopic (exact) mass is 561 g/mol. The van der Waals surface area contributed by atoms with Gasteiger partial charge in [-0.05, 0) is 54.1 Å². The number of aromatic amines is 1. The van der Waals surface area contributed by atoms with E-state index in [2.05, 4.69) is 15.5 Å². The van der Waals surface area contributed by atoms with Crippen molar-refractivity contribution in [2.24, 2.45) is 5.10 Å². The van der Waals surface area contributed by atoms with Crippen LogP contribution in [0, 0.1) is 0 Å². The van der Waals surface area contributed by atoms with Crippen molar-refractivity contribution < 1.29 is 14.3 Å². The Labute approximate surface area is 232 Å². The Morgan fingerprint density at radius 2 is 1.55 bits per heavy atom. The van der Waals surface area contributed by atoms with Crippen LogP contribution in [0.1, 0.15) is 26.4 Å². The zero-order chi connectivity index (χ0) is 26.6. The van der Waals surface area contributed by atoms with E-state index in [1.807, 2.05) is 42.5 Å². The molecule has 0 saturated heterocycles. The Kier molecular flexibility index (Phi) is 7.47. The van der Waals surface area contributed by atoms with Gasteiger partial charge in [-0.15, -0.1) is 0 Å². The number of halogens is 3. The molecule has 188 valence electrons. The Balaban J connectivity index is 1.39. The van der Waals surface area contributed by atoms with Crippen LogP contribution in [-0.4, -0.2) is 23.1 Å². The maximum atomic E-state index is 13.2. The summed E-state index contributed by atoms with van der Waals surface area (Å²) in [6.07, 6.45) is 1.39. The van der Waals surface area contributed by atoms with Crippen molar-refractivity contribution in [1.29, 1.82) is 0 Å². The van der Waals surface area contributed by atoms with Gasteiger partial charge in [0.15, 0.2) is 0 Å². The van der Waals surface area contributed by atoms with Crippen LogP contribution in [0.15, 0.2) is 96.1 Å². The van der Waals surface area contributed by atoms with Crippen LogP contribution in [0.25, 0.3) is 22.0 Å². The highest BCUT2D eigenvalue weighted by Gasteiger charge is 2.19. The minimum absolute atomic E-state index is 0.170. The third-order valence-corrected chi connectivity index (χ3v) is 6.48. The van der Waals surface area contributed by atoms with Gasteiger partial charge >= 0.3 is 5.97 Å². The van der Waals surface area contributed by atoms with Crippen molar-refractivity contribution in [2.75, 3.05) is 0 Å². The Hall–Kier alpha value is -4.10. The average Bonchev–Trinajstić information content (AvgIpc) is 3.28. The summed E-state index contributed by atoms with van der Waals surface area (Å²) in [6, 6.07) is 26.2. The summed E-state index contributed by atoms with van der Waals surface area (Å²) in [6.45, 7) is 0. The molecular weight excluding hydrogens is 545 g/mol. The van der Waals surface area contributed by atoms with Crippen molar-refractivity contribution in [1.82, 2.24) is 10.4 Å². The number of aromatic nitrogens is 1. The zero-order valence-electron chi connectivity index (χ0n) is 19.5. The third-order valence-electron chi connectivity index (χ3n) is 5.69. The normalized spacial score (nSPS) is 11.1. The number of benzene rings is 4. The van der Waals surface area contributed by atoms with Crippen molar-refractivity contribution >= 4 is 63.8 Å². The minimum atomic E-state index is -0.652. The van der Waals surface area contributed by atoms with E-state index >= 15 is 0 Å². The van der Waals surface area contributed by atoms with Crippen molar-refractivity contribution in [2.45, 2.75) is 0 Å². The van der Waals surface area contributed by atoms with Crippen LogP contribution >= 0.6 is 34.8 Å². The van der Waals surface area contributed by atoms with Gasteiger partial charge in [0.25, 0.3) is 5.91 Å². The van der Waals surface area contributed by atoms with E-state index in [9.17, 15) is 9.59 Å². The maximum Gasteiger partial charge on any atom is 0.345 e. The molecule has 9 heteroatoms. The number of ether oxygens (including phenoxy) is 1. The fourth-order valence-corrected chi connectivity index (χ4v) is 4.60. The average molecular weight is 563 g/mol. The van der Waals surface area contributed by atoms with Crippen LogP contribution in [0.5, 0.6) is 5.75 Å². The van der Waals surface area contributed by atoms with Gasteiger partial charge in [0.05, 0.1) is 16.8 Å². The lowest BCUT2D eigenvalue weighted by atomic mass is 10.0. The first-order chi connectivity index (χ1) is 18.4. The number of rotatable bonds is 6. The van der Waals surface area contributed by atoms with Gasteiger partial charge in [-0.2, -0.15) is 5.10 Å².